The van der Waals surface area contributed by atoms with Crippen LogP contribution in [0.4, 0.5) is 0 Å². The van der Waals surface area contributed by atoms with Crippen LogP contribution in [-0.4, -0.2) is 29.6 Å². The number of carbonyl (C=O) groups is 1. The Hall–Kier alpha value is -1.31. The Balaban J connectivity index is 1.91. The molecule has 1 heterocycles. The highest BCUT2D eigenvalue weighted by molar-refractivity contribution is 7.10. The van der Waals surface area contributed by atoms with E-state index in [-0.39, 0.29) is 23.8 Å². The molecule has 20 heavy (non-hydrogen) atoms. The summed E-state index contributed by atoms with van der Waals surface area (Å²) in [5.74, 6) is 6.37. The van der Waals surface area contributed by atoms with Crippen LogP contribution in [0.3, 0.4) is 0 Å². The van der Waals surface area contributed by atoms with Gasteiger partial charge in [0.1, 0.15) is 0 Å². The molecule has 1 aromatic heterocycles. The standard InChI is InChI=1S/C16H21NO2S/c1-16(2)9-14(16)15(19)17(3)10-12-8-13(20-11-12)6-4-5-7-18/h8,11,14,18H,5,7,9-10H2,1-3H3. The highest BCUT2D eigenvalue weighted by Gasteiger charge is 2.51. The van der Waals surface area contributed by atoms with E-state index in [1.54, 1.807) is 11.3 Å². The second kappa shape index (κ2) is 5.99. The van der Waals surface area contributed by atoms with Gasteiger partial charge in [-0.1, -0.05) is 25.7 Å². The lowest BCUT2D eigenvalue weighted by Crippen LogP contribution is -2.28. The Kier molecular flexibility index (Phi) is 4.52. The number of amides is 1. The molecule has 108 valence electrons. The zero-order valence-corrected chi connectivity index (χ0v) is 13.1. The molecular weight excluding hydrogens is 270 g/mol. The van der Waals surface area contributed by atoms with Gasteiger partial charge in [0, 0.05) is 25.9 Å². The van der Waals surface area contributed by atoms with E-state index in [0.717, 1.165) is 16.9 Å². The minimum absolute atomic E-state index is 0.0969. The van der Waals surface area contributed by atoms with E-state index in [1.165, 1.54) is 0 Å². The lowest BCUT2D eigenvalue weighted by Gasteiger charge is -2.17. The molecular formula is C16H21NO2S. The number of rotatable bonds is 4. The molecule has 1 aromatic rings. The van der Waals surface area contributed by atoms with Gasteiger partial charge in [-0.3, -0.25) is 4.79 Å². The number of aliphatic hydroxyl groups is 1. The molecule has 1 unspecified atom stereocenters. The van der Waals surface area contributed by atoms with Crippen LogP contribution in [0, 0.1) is 23.2 Å². The fourth-order valence-corrected chi connectivity index (χ4v) is 3.01. The molecule has 1 aliphatic rings. The first kappa shape index (κ1) is 15.1. The van der Waals surface area contributed by atoms with Gasteiger partial charge in [-0.15, -0.1) is 11.3 Å². The number of thiophene rings is 1. The van der Waals surface area contributed by atoms with Crippen molar-refractivity contribution < 1.29 is 9.90 Å². The van der Waals surface area contributed by atoms with Crippen molar-refractivity contribution in [3.8, 4) is 11.8 Å². The molecule has 1 fully saturated rings. The summed E-state index contributed by atoms with van der Waals surface area (Å²) >= 11 is 1.58. The molecule has 0 radical (unpaired) electrons. The maximum absolute atomic E-state index is 12.2. The third-order valence-electron chi connectivity index (χ3n) is 3.71. The summed E-state index contributed by atoms with van der Waals surface area (Å²) in [4.78, 5) is 15.0. The molecule has 1 aliphatic carbocycles. The number of aliphatic hydroxyl groups excluding tert-OH is 1. The van der Waals surface area contributed by atoms with E-state index < -0.39 is 0 Å². The van der Waals surface area contributed by atoms with Crippen LogP contribution in [0.2, 0.25) is 0 Å². The molecule has 1 atom stereocenters. The van der Waals surface area contributed by atoms with E-state index >= 15 is 0 Å². The SMILES string of the molecule is CN(Cc1csc(C#CCCO)c1)C(=O)C1CC1(C)C. The smallest absolute Gasteiger partial charge is 0.226 e. The van der Waals surface area contributed by atoms with Gasteiger partial charge in [-0.2, -0.15) is 0 Å². The van der Waals surface area contributed by atoms with Gasteiger partial charge in [0.15, 0.2) is 0 Å². The summed E-state index contributed by atoms with van der Waals surface area (Å²) in [6.07, 6.45) is 1.50. The minimum atomic E-state index is 0.0969. The summed E-state index contributed by atoms with van der Waals surface area (Å²) in [6, 6.07) is 2.02. The second-order valence-corrected chi connectivity index (χ2v) is 6.95. The van der Waals surface area contributed by atoms with Crippen LogP contribution in [0.1, 0.15) is 37.1 Å². The van der Waals surface area contributed by atoms with Crippen LogP contribution < -0.4 is 0 Å². The van der Waals surface area contributed by atoms with Crippen molar-refractivity contribution in [3.63, 3.8) is 0 Å². The largest absolute Gasteiger partial charge is 0.395 e. The highest BCUT2D eigenvalue weighted by Crippen LogP contribution is 2.52. The van der Waals surface area contributed by atoms with Crippen LogP contribution in [0.25, 0.3) is 0 Å². The normalized spacial score (nSPS) is 19.1. The molecule has 1 N–H and O–H groups in total. The maximum Gasteiger partial charge on any atom is 0.226 e. The third-order valence-corrected chi connectivity index (χ3v) is 4.60. The topological polar surface area (TPSA) is 40.5 Å². The van der Waals surface area contributed by atoms with Crippen molar-refractivity contribution in [2.45, 2.75) is 33.2 Å². The van der Waals surface area contributed by atoms with Gasteiger partial charge in [0.25, 0.3) is 0 Å². The van der Waals surface area contributed by atoms with Crippen LogP contribution in [0.15, 0.2) is 11.4 Å². The molecule has 0 bridgehead atoms. The van der Waals surface area contributed by atoms with Gasteiger partial charge < -0.3 is 10.0 Å². The summed E-state index contributed by atoms with van der Waals surface area (Å²) < 4.78 is 0. The van der Waals surface area contributed by atoms with Crippen molar-refractivity contribution in [1.82, 2.24) is 4.90 Å². The molecule has 1 amide bonds. The van der Waals surface area contributed by atoms with Crippen molar-refractivity contribution in [1.29, 1.82) is 0 Å². The van der Waals surface area contributed by atoms with Crippen LogP contribution in [-0.2, 0) is 11.3 Å². The van der Waals surface area contributed by atoms with E-state index in [0.29, 0.717) is 13.0 Å². The minimum Gasteiger partial charge on any atom is -0.395 e. The van der Waals surface area contributed by atoms with E-state index in [1.807, 2.05) is 23.4 Å². The lowest BCUT2D eigenvalue weighted by molar-refractivity contribution is -0.132. The Labute approximate surface area is 124 Å². The van der Waals surface area contributed by atoms with Crippen molar-refractivity contribution in [3.05, 3.63) is 21.9 Å². The quantitative estimate of drug-likeness (QED) is 0.866. The molecule has 0 aliphatic heterocycles. The summed E-state index contributed by atoms with van der Waals surface area (Å²) in [6.45, 7) is 5.02. The van der Waals surface area contributed by atoms with E-state index in [4.69, 9.17) is 5.11 Å². The number of hydrogen-bond acceptors (Lipinski definition) is 3. The molecule has 3 nitrogen and oxygen atoms in total. The van der Waals surface area contributed by atoms with E-state index in [9.17, 15) is 4.79 Å². The van der Waals surface area contributed by atoms with Crippen molar-refractivity contribution in [2.75, 3.05) is 13.7 Å². The van der Waals surface area contributed by atoms with Gasteiger partial charge in [-0.05, 0) is 28.8 Å². The van der Waals surface area contributed by atoms with Gasteiger partial charge >= 0.3 is 0 Å². The molecule has 0 spiro atoms. The number of nitrogens with zero attached hydrogens (tertiary/aromatic N) is 1. The fourth-order valence-electron chi connectivity index (χ4n) is 2.24. The zero-order valence-electron chi connectivity index (χ0n) is 12.3. The number of hydrogen-bond donors (Lipinski definition) is 1. The van der Waals surface area contributed by atoms with E-state index in [2.05, 4.69) is 25.7 Å². The molecule has 0 saturated heterocycles. The van der Waals surface area contributed by atoms with Gasteiger partial charge in [0.05, 0.1) is 11.5 Å². The Morgan fingerprint density at radius 1 is 1.60 bits per heavy atom. The summed E-state index contributed by atoms with van der Waals surface area (Å²) in [7, 11) is 1.87. The fraction of sp³-hybridized carbons (Fsp3) is 0.562. The lowest BCUT2D eigenvalue weighted by atomic mass is 10.1. The summed E-state index contributed by atoms with van der Waals surface area (Å²) in [5, 5.41) is 10.7. The molecule has 1 saturated carbocycles. The highest BCUT2D eigenvalue weighted by atomic mass is 32.1. The second-order valence-electron chi connectivity index (χ2n) is 6.03. The molecule has 2 rings (SSSR count). The van der Waals surface area contributed by atoms with Crippen molar-refractivity contribution >= 4 is 17.2 Å². The first-order valence-electron chi connectivity index (χ1n) is 6.86. The number of carbonyl (C=O) groups excluding carboxylic acids is 1. The molecule has 4 heteroatoms. The van der Waals surface area contributed by atoms with Crippen molar-refractivity contribution in [2.24, 2.45) is 11.3 Å². The third kappa shape index (κ3) is 3.62. The first-order valence-corrected chi connectivity index (χ1v) is 7.74. The monoisotopic (exact) mass is 291 g/mol. The summed E-state index contributed by atoms with van der Waals surface area (Å²) in [5.41, 5.74) is 1.30. The predicted molar refractivity (Wildman–Crippen MR) is 81.3 cm³/mol. The maximum atomic E-state index is 12.2. The predicted octanol–water partition coefficient (Wildman–Crippen LogP) is 2.49. The first-order chi connectivity index (χ1) is 9.44. The average Bonchev–Trinajstić information content (AvgIpc) is 2.82. The van der Waals surface area contributed by atoms with Gasteiger partial charge in [-0.25, -0.2) is 0 Å². The Bertz CT molecular complexity index is 550. The molecule has 0 aromatic carbocycles. The Morgan fingerprint density at radius 3 is 2.90 bits per heavy atom. The Morgan fingerprint density at radius 2 is 2.30 bits per heavy atom. The zero-order chi connectivity index (χ0) is 14.8. The average molecular weight is 291 g/mol. The van der Waals surface area contributed by atoms with Gasteiger partial charge in [0.2, 0.25) is 5.91 Å². The van der Waals surface area contributed by atoms with Crippen LogP contribution >= 0.6 is 11.3 Å². The van der Waals surface area contributed by atoms with Crippen LogP contribution in [0.5, 0.6) is 0 Å².